The molecule has 1 aromatic rings. The van der Waals surface area contributed by atoms with Crippen LogP contribution >= 0.6 is 0 Å². The Balaban J connectivity index is 1.27. The highest BCUT2D eigenvalue weighted by Gasteiger charge is 2.54. The van der Waals surface area contributed by atoms with Gasteiger partial charge in [-0.3, -0.25) is 0 Å². The fourth-order valence-corrected chi connectivity index (χ4v) is 7.00. The first-order valence-electron chi connectivity index (χ1n) is 17.1. The van der Waals surface area contributed by atoms with Gasteiger partial charge < -0.3 is 96.6 Å². The number of ether oxygens (including phenoxy) is 8. The van der Waals surface area contributed by atoms with E-state index >= 15 is 0 Å². The van der Waals surface area contributed by atoms with Crippen LogP contribution < -0.4 is 27.7 Å². The van der Waals surface area contributed by atoms with Crippen molar-refractivity contribution in [3.8, 4) is 5.75 Å². The van der Waals surface area contributed by atoms with E-state index in [-0.39, 0.29) is 13.2 Å². The summed E-state index contributed by atoms with van der Waals surface area (Å²) in [5.41, 5.74) is 25.4. The Kier molecular flexibility index (Phi) is 14.0. The first-order chi connectivity index (χ1) is 24.3. The molecule has 19 heteroatoms. The molecule has 15 N–H and O–H groups in total. The van der Waals surface area contributed by atoms with Crippen molar-refractivity contribution in [1.29, 1.82) is 0 Å². The first kappa shape index (κ1) is 40.5. The summed E-state index contributed by atoms with van der Waals surface area (Å²) in [5.74, 6) is 0.265. The molecule has 3 aliphatic heterocycles. The Morgan fingerprint density at radius 2 is 1.22 bits per heavy atom. The number of hydrogen-bond donors (Lipinski definition) is 11. The number of aliphatic hydroxyl groups excluding tert-OH is 7. The molecule has 4 fully saturated rings. The molecule has 4 aliphatic rings. The second-order valence-corrected chi connectivity index (χ2v) is 13.6. The van der Waals surface area contributed by atoms with E-state index in [1.165, 1.54) is 0 Å². The van der Waals surface area contributed by atoms with Gasteiger partial charge in [-0.2, -0.15) is 0 Å². The van der Waals surface area contributed by atoms with Gasteiger partial charge in [0.05, 0.1) is 45.1 Å². The molecule has 0 bridgehead atoms. The first-order valence-corrected chi connectivity index (χ1v) is 17.1. The lowest BCUT2D eigenvalue weighted by Gasteiger charge is -2.48. The van der Waals surface area contributed by atoms with Gasteiger partial charge in [0.25, 0.3) is 0 Å². The highest BCUT2D eigenvalue weighted by molar-refractivity contribution is 5.26. The minimum Gasteiger partial charge on any atom is -0.497 e. The van der Waals surface area contributed by atoms with Crippen molar-refractivity contribution in [2.45, 2.75) is 130 Å². The normalized spacial score (nSPS) is 46.3. The van der Waals surface area contributed by atoms with Gasteiger partial charge in [0, 0.05) is 12.6 Å². The SMILES string of the molecule is COc1ccc(COC2C(CO)OC(OC3C(N)CC(C)C(O)C3OC3OC(CO)C(OC4OC(CN)C(O)C(O)C4N)C3O)C(N)C2O)cc1. The lowest BCUT2D eigenvalue weighted by atomic mass is 9.80. The maximum Gasteiger partial charge on any atom is 0.187 e. The van der Waals surface area contributed by atoms with Crippen LogP contribution in [0.4, 0.5) is 0 Å². The second-order valence-electron chi connectivity index (χ2n) is 13.6. The number of nitrogens with two attached hydrogens (primary N) is 4. The zero-order valence-corrected chi connectivity index (χ0v) is 28.5. The second kappa shape index (κ2) is 17.6. The van der Waals surface area contributed by atoms with Gasteiger partial charge in [0.15, 0.2) is 18.9 Å². The fourth-order valence-electron chi connectivity index (χ4n) is 7.00. The standard InChI is InChI=1S/C32H54N4O15/c1-12-7-15(34)26(49-31-20(36)24(42)27(17(9-37)47-31)45-11-13-3-5-14(44-2)6-4-13)29(21(12)39)51-32-25(43)28(18(10-38)48-32)50-30-19(35)23(41)22(40)16(8-33)46-30/h3-6,12,15-32,37-43H,7-11,33-36H2,1-2H3. The smallest absolute Gasteiger partial charge is 0.187 e. The third-order valence-corrected chi connectivity index (χ3v) is 10.1. The van der Waals surface area contributed by atoms with E-state index in [1.807, 2.05) is 0 Å². The quantitative estimate of drug-likeness (QED) is 0.0901. The third-order valence-electron chi connectivity index (χ3n) is 10.1. The molecule has 19 atom stereocenters. The lowest BCUT2D eigenvalue weighted by Crippen LogP contribution is -2.66. The van der Waals surface area contributed by atoms with Crippen molar-refractivity contribution >= 4 is 0 Å². The van der Waals surface area contributed by atoms with Crippen LogP contribution in [0.15, 0.2) is 24.3 Å². The van der Waals surface area contributed by atoms with E-state index in [4.69, 9.17) is 60.8 Å². The van der Waals surface area contributed by atoms with Crippen molar-refractivity contribution < 1.29 is 73.6 Å². The van der Waals surface area contributed by atoms with Gasteiger partial charge in [-0.05, 0) is 30.0 Å². The van der Waals surface area contributed by atoms with E-state index in [9.17, 15) is 35.7 Å². The molecule has 3 saturated heterocycles. The molecular formula is C32H54N4O15. The van der Waals surface area contributed by atoms with Crippen LogP contribution in [0.1, 0.15) is 18.9 Å². The molecule has 19 nitrogen and oxygen atoms in total. The Bertz CT molecular complexity index is 1220. The van der Waals surface area contributed by atoms with Crippen LogP contribution in [0.25, 0.3) is 0 Å². The molecular weight excluding hydrogens is 680 g/mol. The van der Waals surface area contributed by atoms with E-state index in [2.05, 4.69) is 0 Å². The Hall–Kier alpha value is -1.70. The van der Waals surface area contributed by atoms with Crippen LogP contribution in [-0.4, -0.2) is 173 Å². The highest BCUT2D eigenvalue weighted by atomic mass is 16.8. The van der Waals surface area contributed by atoms with Crippen LogP contribution in [0.3, 0.4) is 0 Å². The van der Waals surface area contributed by atoms with Gasteiger partial charge in [-0.25, -0.2) is 0 Å². The van der Waals surface area contributed by atoms with Crippen LogP contribution in [0, 0.1) is 5.92 Å². The van der Waals surface area contributed by atoms with E-state index in [1.54, 1.807) is 38.3 Å². The summed E-state index contributed by atoms with van der Waals surface area (Å²) >= 11 is 0. The molecule has 5 rings (SSSR count). The number of aliphatic hydroxyl groups is 7. The maximum absolute atomic E-state index is 11.3. The topological polar surface area (TPSA) is 320 Å². The predicted molar refractivity (Wildman–Crippen MR) is 173 cm³/mol. The molecule has 292 valence electrons. The van der Waals surface area contributed by atoms with Crippen molar-refractivity contribution in [1.82, 2.24) is 0 Å². The van der Waals surface area contributed by atoms with Crippen LogP contribution in [0.5, 0.6) is 5.75 Å². The molecule has 0 amide bonds. The molecule has 1 aliphatic carbocycles. The minimum atomic E-state index is -1.59. The summed E-state index contributed by atoms with van der Waals surface area (Å²) in [4.78, 5) is 0. The molecule has 0 aromatic heterocycles. The molecule has 1 aromatic carbocycles. The van der Waals surface area contributed by atoms with Crippen LogP contribution in [0.2, 0.25) is 0 Å². The summed E-state index contributed by atoms with van der Waals surface area (Å²) in [5, 5.41) is 74.6. The van der Waals surface area contributed by atoms with Gasteiger partial charge in [0.2, 0.25) is 0 Å². The zero-order chi connectivity index (χ0) is 37.1. The summed E-state index contributed by atoms with van der Waals surface area (Å²) < 4.78 is 46.7. The average Bonchev–Trinajstić information content (AvgIpc) is 3.43. The molecule has 0 radical (unpaired) electrons. The summed E-state index contributed by atoms with van der Waals surface area (Å²) in [6.07, 6.45) is -18.8. The van der Waals surface area contributed by atoms with Gasteiger partial charge in [0.1, 0.15) is 72.9 Å². The number of rotatable bonds is 13. The Morgan fingerprint density at radius 1 is 0.667 bits per heavy atom. The fraction of sp³-hybridized carbons (Fsp3) is 0.812. The highest BCUT2D eigenvalue weighted by Crippen LogP contribution is 2.36. The van der Waals surface area contributed by atoms with Crippen molar-refractivity contribution in [3.63, 3.8) is 0 Å². The Morgan fingerprint density at radius 3 is 1.82 bits per heavy atom. The van der Waals surface area contributed by atoms with E-state index in [0.29, 0.717) is 12.2 Å². The van der Waals surface area contributed by atoms with Gasteiger partial charge in [-0.1, -0.05) is 19.1 Å². The average molecular weight is 735 g/mol. The monoisotopic (exact) mass is 734 g/mol. The summed E-state index contributed by atoms with van der Waals surface area (Å²) in [6, 6.07) is 3.92. The predicted octanol–water partition coefficient (Wildman–Crippen LogP) is -5.32. The maximum atomic E-state index is 11.3. The number of methoxy groups -OCH3 is 1. The molecule has 3 heterocycles. The zero-order valence-electron chi connectivity index (χ0n) is 28.5. The van der Waals surface area contributed by atoms with Crippen molar-refractivity contribution in [2.75, 3.05) is 26.9 Å². The molecule has 51 heavy (non-hydrogen) atoms. The number of benzene rings is 1. The van der Waals surface area contributed by atoms with Crippen LogP contribution in [-0.2, 0) is 39.8 Å². The minimum absolute atomic E-state index is 0.0789. The molecule has 0 spiro atoms. The third kappa shape index (κ3) is 8.67. The van der Waals surface area contributed by atoms with Gasteiger partial charge >= 0.3 is 0 Å². The molecule has 1 saturated carbocycles. The van der Waals surface area contributed by atoms with E-state index in [0.717, 1.165) is 5.56 Å². The van der Waals surface area contributed by atoms with Gasteiger partial charge in [-0.15, -0.1) is 0 Å². The summed E-state index contributed by atoms with van der Waals surface area (Å²) in [6.45, 7) is 0.487. The van der Waals surface area contributed by atoms with E-state index < -0.39 is 129 Å². The Labute approximate surface area is 295 Å². The largest absolute Gasteiger partial charge is 0.497 e. The van der Waals surface area contributed by atoms with Crippen molar-refractivity contribution in [2.24, 2.45) is 28.9 Å². The lowest BCUT2D eigenvalue weighted by molar-refractivity contribution is -0.316. The number of hydrogen-bond acceptors (Lipinski definition) is 19. The summed E-state index contributed by atoms with van der Waals surface area (Å²) in [7, 11) is 1.55. The molecule has 19 unspecified atom stereocenters. The van der Waals surface area contributed by atoms with Crippen molar-refractivity contribution in [3.05, 3.63) is 29.8 Å².